The van der Waals surface area contributed by atoms with Crippen molar-refractivity contribution in [3.8, 4) is 11.5 Å². The number of ether oxygens (including phenoxy) is 2. The summed E-state index contributed by atoms with van der Waals surface area (Å²) in [6, 6.07) is 7.29. The molecule has 1 amide bonds. The van der Waals surface area contributed by atoms with Crippen LogP contribution in [-0.4, -0.2) is 44.0 Å². The number of anilines is 1. The maximum atomic E-state index is 12.5. The molecule has 1 atom stereocenters. The molecule has 0 spiro atoms. The van der Waals surface area contributed by atoms with Crippen LogP contribution in [0.4, 0.5) is 5.69 Å². The highest BCUT2D eigenvalue weighted by molar-refractivity contribution is 8.00. The maximum Gasteiger partial charge on any atom is 0.253 e. The Morgan fingerprint density at radius 3 is 2.78 bits per heavy atom. The summed E-state index contributed by atoms with van der Waals surface area (Å²) in [5, 5.41) is 7.46. The van der Waals surface area contributed by atoms with Crippen molar-refractivity contribution in [2.75, 3.05) is 18.5 Å². The Kier molecular flexibility index (Phi) is 4.61. The summed E-state index contributed by atoms with van der Waals surface area (Å²) in [5.74, 6) is 1.72. The highest BCUT2D eigenvalue weighted by Crippen LogP contribution is 2.33. The Hall–Kier alpha value is -2.81. The molecule has 0 fully saturated rings. The molecule has 8 nitrogen and oxygen atoms in total. The van der Waals surface area contributed by atoms with Crippen LogP contribution in [-0.2, 0) is 4.79 Å². The third-order valence-electron chi connectivity index (χ3n) is 4.06. The fourth-order valence-electron chi connectivity index (χ4n) is 2.77. The molecule has 1 aromatic carbocycles. The number of aromatic nitrogens is 4. The first-order valence-electron chi connectivity index (χ1n) is 8.58. The molecule has 0 aliphatic carbocycles. The van der Waals surface area contributed by atoms with E-state index in [4.69, 9.17) is 9.47 Å². The van der Waals surface area contributed by atoms with Crippen LogP contribution in [0.5, 0.6) is 11.5 Å². The van der Waals surface area contributed by atoms with Gasteiger partial charge in [-0.1, -0.05) is 11.8 Å². The summed E-state index contributed by atoms with van der Waals surface area (Å²) in [6.07, 6.45) is 0. The maximum absolute atomic E-state index is 12.5. The van der Waals surface area contributed by atoms with Gasteiger partial charge in [0.05, 0.1) is 5.25 Å². The van der Waals surface area contributed by atoms with E-state index >= 15 is 0 Å². The lowest BCUT2D eigenvalue weighted by Gasteiger charge is -2.19. The number of thioether (sulfide) groups is 1. The van der Waals surface area contributed by atoms with Gasteiger partial charge in [0.1, 0.15) is 13.2 Å². The van der Waals surface area contributed by atoms with E-state index in [0.717, 1.165) is 11.4 Å². The zero-order valence-electron chi connectivity index (χ0n) is 15.2. The molecule has 27 heavy (non-hydrogen) atoms. The molecule has 1 N–H and O–H groups in total. The first-order valence-corrected chi connectivity index (χ1v) is 9.46. The second-order valence-corrected chi connectivity index (χ2v) is 7.56. The van der Waals surface area contributed by atoms with Gasteiger partial charge in [-0.05, 0) is 39.0 Å². The summed E-state index contributed by atoms with van der Waals surface area (Å²) in [6.45, 7) is 6.71. The summed E-state index contributed by atoms with van der Waals surface area (Å²) < 4.78 is 12.7. The molecule has 140 valence electrons. The van der Waals surface area contributed by atoms with Crippen molar-refractivity contribution in [2.45, 2.75) is 31.2 Å². The zero-order valence-corrected chi connectivity index (χ0v) is 16.0. The smallest absolute Gasteiger partial charge is 0.253 e. The number of nitrogens with one attached hydrogen (secondary N) is 1. The zero-order chi connectivity index (χ0) is 19.0. The predicted molar refractivity (Wildman–Crippen MR) is 102 cm³/mol. The van der Waals surface area contributed by atoms with E-state index in [1.54, 1.807) is 22.7 Å². The number of carbonyl (C=O) groups is 1. The third kappa shape index (κ3) is 3.68. The number of rotatable bonds is 4. The Morgan fingerprint density at radius 1 is 1.19 bits per heavy atom. The van der Waals surface area contributed by atoms with E-state index in [-0.39, 0.29) is 11.2 Å². The van der Waals surface area contributed by atoms with Crippen LogP contribution in [0.1, 0.15) is 18.3 Å². The lowest BCUT2D eigenvalue weighted by molar-refractivity contribution is -0.115. The second-order valence-electron chi connectivity index (χ2n) is 6.25. The number of amides is 1. The minimum atomic E-state index is -0.378. The molecule has 0 saturated heterocycles. The largest absolute Gasteiger partial charge is 0.486 e. The van der Waals surface area contributed by atoms with Crippen LogP contribution in [0.3, 0.4) is 0 Å². The molecule has 1 aliphatic rings. The average molecular weight is 385 g/mol. The van der Waals surface area contributed by atoms with E-state index in [1.807, 2.05) is 26.8 Å². The Balaban J connectivity index is 1.46. The monoisotopic (exact) mass is 385 g/mol. The lowest BCUT2D eigenvalue weighted by Crippen LogP contribution is -2.23. The molecule has 3 aromatic rings. The van der Waals surface area contributed by atoms with E-state index in [9.17, 15) is 4.79 Å². The van der Waals surface area contributed by atoms with Crippen molar-refractivity contribution >= 4 is 29.1 Å². The minimum Gasteiger partial charge on any atom is -0.486 e. The van der Waals surface area contributed by atoms with E-state index in [2.05, 4.69) is 20.4 Å². The number of carbonyl (C=O) groups excluding carboxylic acids is 1. The fraction of sp³-hybridized carbons (Fsp3) is 0.333. The van der Waals surface area contributed by atoms with Crippen molar-refractivity contribution in [3.05, 3.63) is 35.7 Å². The van der Waals surface area contributed by atoms with Crippen molar-refractivity contribution < 1.29 is 14.3 Å². The lowest BCUT2D eigenvalue weighted by atomic mass is 10.2. The molecule has 2 aromatic heterocycles. The molecular weight excluding hydrogens is 366 g/mol. The third-order valence-corrected chi connectivity index (χ3v) is 5.01. The van der Waals surface area contributed by atoms with E-state index < -0.39 is 0 Å². The Morgan fingerprint density at radius 2 is 1.96 bits per heavy atom. The molecule has 0 unspecified atom stereocenters. The van der Waals surface area contributed by atoms with Crippen LogP contribution in [0.25, 0.3) is 5.78 Å². The number of hydrogen-bond acceptors (Lipinski definition) is 7. The van der Waals surface area contributed by atoms with Gasteiger partial charge < -0.3 is 14.8 Å². The molecule has 0 radical (unpaired) electrons. The number of aryl methyl sites for hydroxylation is 2. The summed E-state index contributed by atoms with van der Waals surface area (Å²) in [4.78, 5) is 21.3. The molecule has 4 rings (SSSR count). The first kappa shape index (κ1) is 17.6. The topological polar surface area (TPSA) is 90.6 Å². The molecule has 9 heteroatoms. The van der Waals surface area contributed by atoms with Gasteiger partial charge in [-0.3, -0.25) is 4.79 Å². The normalized spacial score (nSPS) is 14.2. The Labute approximate surface area is 160 Å². The van der Waals surface area contributed by atoms with E-state index in [0.29, 0.717) is 41.3 Å². The van der Waals surface area contributed by atoms with Crippen LogP contribution in [0.2, 0.25) is 0 Å². The quantitative estimate of drug-likeness (QED) is 0.690. The minimum absolute atomic E-state index is 0.142. The van der Waals surface area contributed by atoms with Gasteiger partial charge in [-0.25, -0.2) is 9.50 Å². The second kappa shape index (κ2) is 7.07. The first-order chi connectivity index (χ1) is 13.0. The SMILES string of the molecule is Cc1cc(C)n2nc(S[C@@H](C)C(=O)Nc3ccc4c(c3)OCCO4)nc2n1. The summed E-state index contributed by atoms with van der Waals surface area (Å²) in [5.41, 5.74) is 2.49. The van der Waals surface area contributed by atoms with Gasteiger partial charge in [-0.2, -0.15) is 4.98 Å². The van der Waals surface area contributed by atoms with Crippen LogP contribution in [0, 0.1) is 13.8 Å². The van der Waals surface area contributed by atoms with Gasteiger partial charge in [-0.15, -0.1) is 5.10 Å². The number of hydrogen-bond donors (Lipinski definition) is 1. The highest BCUT2D eigenvalue weighted by atomic mass is 32.2. The standard InChI is InChI=1S/C18H19N5O3S/c1-10-8-11(2)23-17(19-10)21-18(22-23)27-12(3)16(24)20-13-4-5-14-15(9-13)26-7-6-25-14/h4-5,8-9,12H,6-7H2,1-3H3,(H,20,24)/t12-/m0/s1. The summed E-state index contributed by atoms with van der Waals surface area (Å²) in [7, 11) is 0. The molecule has 3 heterocycles. The van der Waals surface area contributed by atoms with Crippen molar-refractivity contribution in [3.63, 3.8) is 0 Å². The summed E-state index contributed by atoms with van der Waals surface area (Å²) >= 11 is 1.29. The number of benzene rings is 1. The predicted octanol–water partition coefficient (Wildman–Crippen LogP) is 2.63. The van der Waals surface area contributed by atoms with Crippen LogP contribution >= 0.6 is 11.8 Å². The van der Waals surface area contributed by atoms with Gasteiger partial charge in [0.15, 0.2) is 11.5 Å². The average Bonchev–Trinajstić information content (AvgIpc) is 3.04. The van der Waals surface area contributed by atoms with Gasteiger partial charge >= 0.3 is 0 Å². The fourth-order valence-corrected chi connectivity index (χ4v) is 3.52. The highest BCUT2D eigenvalue weighted by Gasteiger charge is 2.19. The number of fused-ring (bicyclic) bond motifs is 2. The molecular formula is C18H19N5O3S. The van der Waals surface area contributed by atoms with Gasteiger partial charge in [0, 0.05) is 23.1 Å². The molecule has 1 aliphatic heterocycles. The molecule has 0 bridgehead atoms. The number of nitrogens with zero attached hydrogens (tertiary/aromatic N) is 4. The van der Waals surface area contributed by atoms with Crippen molar-refractivity contribution in [1.29, 1.82) is 0 Å². The van der Waals surface area contributed by atoms with Crippen molar-refractivity contribution in [2.24, 2.45) is 0 Å². The van der Waals surface area contributed by atoms with Crippen LogP contribution in [0.15, 0.2) is 29.4 Å². The molecule has 0 saturated carbocycles. The van der Waals surface area contributed by atoms with Gasteiger partial charge in [0.25, 0.3) is 5.78 Å². The van der Waals surface area contributed by atoms with Crippen molar-refractivity contribution in [1.82, 2.24) is 19.6 Å². The van der Waals surface area contributed by atoms with Gasteiger partial charge in [0.2, 0.25) is 11.1 Å². The Bertz CT molecular complexity index is 1020. The van der Waals surface area contributed by atoms with Crippen LogP contribution < -0.4 is 14.8 Å². The van der Waals surface area contributed by atoms with E-state index in [1.165, 1.54) is 11.8 Å².